The Morgan fingerprint density at radius 2 is 0.738 bits per heavy atom. The van der Waals surface area contributed by atoms with Crippen molar-refractivity contribution in [3.63, 3.8) is 0 Å². The lowest BCUT2D eigenvalue weighted by molar-refractivity contribution is -0.123. The lowest BCUT2D eigenvalue weighted by atomic mass is 10.0. The summed E-state index contributed by atoms with van der Waals surface area (Å²) < 4.78 is 0. The summed E-state index contributed by atoms with van der Waals surface area (Å²) in [5, 5.41) is 22.8. The van der Waals surface area contributed by atoms with Crippen LogP contribution in [0.25, 0.3) is 0 Å². The van der Waals surface area contributed by atoms with E-state index in [2.05, 4.69) is 92.1 Å². The first kappa shape index (κ1) is 58.6. The molecule has 0 rings (SSSR count). The average Bonchev–Trinajstić information content (AvgIpc) is 3.26. The molecule has 0 fully saturated rings. The van der Waals surface area contributed by atoms with Crippen LogP contribution in [0.15, 0.2) is 85.1 Å². The Hall–Kier alpha value is -2.43. The van der Waals surface area contributed by atoms with Gasteiger partial charge in [-0.15, -0.1) is 0 Å². The highest BCUT2D eigenvalue weighted by molar-refractivity contribution is 5.76. The lowest BCUT2D eigenvalue weighted by Crippen LogP contribution is -2.45. The predicted octanol–water partition coefficient (Wildman–Crippen LogP) is 17.2. The maximum absolute atomic E-state index is 12.3. The Kier molecular flexibility index (Phi) is 49.8. The van der Waals surface area contributed by atoms with Crippen LogP contribution in [0.2, 0.25) is 0 Å². The molecule has 0 spiro atoms. The van der Waals surface area contributed by atoms with Crippen LogP contribution in [0.4, 0.5) is 0 Å². The fourth-order valence-corrected chi connectivity index (χ4v) is 7.62. The third-order valence-electron chi connectivity index (χ3n) is 11.6. The minimum atomic E-state index is -0.860. The Labute approximate surface area is 380 Å². The zero-order valence-electron chi connectivity index (χ0n) is 40.4. The minimum absolute atomic E-state index is 0.0763. The van der Waals surface area contributed by atoms with Crippen molar-refractivity contribution in [1.29, 1.82) is 0 Å². The van der Waals surface area contributed by atoms with E-state index in [0.29, 0.717) is 6.42 Å². The third kappa shape index (κ3) is 48.5. The van der Waals surface area contributed by atoms with Crippen molar-refractivity contribution in [3.8, 4) is 0 Å². The number of allylic oxidation sites excluding steroid dienone is 13. The molecule has 0 aromatic rings. The van der Waals surface area contributed by atoms with Gasteiger partial charge in [-0.25, -0.2) is 0 Å². The summed E-state index contributed by atoms with van der Waals surface area (Å²) in [5.74, 6) is -0.0763. The van der Waals surface area contributed by atoms with E-state index in [1.807, 2.05) is 6.08 Å². The van der Waals surface area contributed by atoms with Gasteiger partial charge in [0.05, 0.1) is 18.8 Å². The molecule has 4 heteroatoms. The van der Waals surface area contributed by atoms with Gasteiger partial charge in [0.1, 0.15) is 0 Å². The van der Waals surface area contributed by atoms with Gasteiger partial charge in [0, 0.05) is 6.42 Å². The largest absolute Gasteiger partial charge is 0.394 e. The summed E-state index contributed by atoms with van der Waals surface area (Å²) >= 11 is 0. The van der Waals surface area contributed by atoms with Crippen molar-refractivity contribution in [2.24, 2.45) is 0 Å². The second kappa shape index (κ2) is 51.9. The molecule has 4 nitrogen and oxygen atoms in total. The number of carbonyl (C=O) groups is 1. The number of hydrogen-bond donors (Lipinski definition) is 3. The van der Waals surface area contributed by atoms with E-state index >= 15 is 0 Å². The third-order valence-corrected chi connectivity index (χ3v) is 11.6. The Bertz CT molecular complexity index is 1100. The molecule has 0 aliphatic rings. The number of amides is 1. The van der Waals surface area contributed by atoms with Crippen molar-refractivity contribution in [3.05, 3.63) is 85.1 Å². The summed E-state index contributed by atoms with van der Waals surface area (Å²) in [6.07, 6.45) is 76.3. The second-order valence-electron chi connectivity index (χ2n) is 17.6. The van der Waals surface area contributed by atoms with Crippen LogP contribution >= 0.6 is 0 Å². The number of aliphatic hydroxyl groups excluding tert-OH is 2. The van der Waals surface area contributed by atoms with Crippen LogP contribution in [0.5, 0.6) is 0 Å². The number of hydrogen-bond acceptors (Lipinski definition) is 3. The van der Waals surface area contributed by atoms with Gasteiger partial charge in [0.25, 0.3) is 0 Å². The number of rotatable bonds is 47. The van der Waals surface area contributed by atoms with Gasteiger partial charge in [-0.2, -0.15) is 0 Å². The number of unbranched alkanes of at least 4 members (excludes halogenated alkanes) is 28. The molecule has 0 aromatic heterocycles. The maximum atomic E-state index is 12.3. The Morgan fingerprint density at radius 3 is 1.15 bits per heavy atom. The summed E-state index contributed by atoms with van der Waals surface area (Å²) in [5.41, 5.74) is 0. The molecule has 0 saturated heterocycles. The standard InChI is InChI=1S/C57H101NO3/c1-3-5-7-9-11-13-14-15-16-17-18-19-20-21-22-23-24-25-26-27-28-29-30-31-32-33-34-35-36-37-38-39-40-41-42-43-44-45-47-49-51-53-57(61)58-55(54-59)56(60)52-50-48-46-12-10-8-6-4-2/h5,7,10-13,15-16,18-19,21-22,50,52,55-56,59-60H,3-4,6,8-9,14,17,20,23-49,51,53-54H2,1-2H3,(H,58,61)/b7-5-,12-10+,13-11-,16-15-,19-18-,22-21-,52-50+. The smallest absolute Gasteiger partial charge is 0.220 e. The van der Waals surface area contributed by atoms with Crippen molar-refractivity contribution in [2.45, 2.75) is 264 Å². The van der Waals surface area contributed by atoms with Crippen LogP contribution in [-0.2, 0) is 4.79 Å². The van der Waals surface area contributed by atoms with Crippen molar-refractivity contribution in [2.75, 3.05) is 6.61 Å². The number of nitrogens with one attached hydrogen (secondary N) is 1. The Balaban J connectivity index is 3.38. The van der Waals surface area contributed by atoms with Crippen molar-refractivity contribution < 1.29 is 15.0 Å². The Morgan fingerprint density at radius 1 is 0.410 bits per heavy atom. The fraction of sp³-hybridized carbons (Fsp3) is 0.737. The van der Waals surface area contributed by atoms with Crippen LogP contribution in [0.1, 0.15) is 251 Å². The molecule has 61 heavy (non-hydrogen) atoms. The molecule has 0 saturated carbocycles. The lowest BCUT2D eigenvalue weighted by Gasteiger charge is -2.19. The first-order valence-electron chi connectivity index (χ1n) is 26.3. The minimum Gasteiger partial charge on any atom is -0.394 e. The first-order chi connectivity index (χ1) is 30.2. The zero-order valence-corrected chi connectivity index (χ0v) is 40.4. The van der Waals surface area contributed by atoms with Gasteiger partial charge >= 0.3 is 0 Å². The summed E-state index contributed by atoms with van der Waals surface area (Å²) in [7, 11) is 0. The number of carbonyl (C=O) groups excluding carboxylic acids is 1. The van der Waals surface area contributed by atoms with Crippen LogP contribution < -0.4 is 5.32 Å². The SMILES string of the molecule is CC/C=C\C/C=C\C/C=C\C/C=C\C/C=C\CCCCCCCCCCCCCCCCCCCCCCCCCCCC(=O)NC(CO)C(O)/C=C/CC/C=C/CCCC. The molecular formula is C57H101NO3. The van der Waals surface area contributed by atoms with E-state index < -0.39 is 12.1 Å². The van der Waals surface area contributed by atoms with E-state index in [0.717, 1.165) is 64.2 Å². The molecule has 3 N–H and O–H groups in total. The fourth-order valence-electron chi connectivity index (χ4n) is 7.62. The molecule has 0 heterocycles. The summed E-state index contributed by atoms with van der Waals surface area (Å²) in [4.78, 5) is 12.3. The molecule has 0 aliphatic heterocycles. The summed E-state index contributed by atoms with van der Waals surface area (Å²) in [6.45, 7) is 4.11. The molecule has 1 amide bonds. The van der Waals surface area contributed by atoms with Gasteiger partial charge in [-0.1, -0.05) is 259 Å². The van der Waals surface area contributed by atoms with Gasteiger partial charge in [0.15, 0.2) is 0 Å². The molecule has 0 bridgehead atoms. The monoisotopic (exact) mass is 848 g/mol. The van der Waals surface area contributed by atoms with E-state index in [1.165, 1.54) is 167 Å². The quantitative estimate of drug-likeness (QED) is 0.0422. The van der Waals surface area contributed by atoms with E-state index in [1.54, 1.807) is 6.08 Å². The van der Waals surface area contributed by atoms with E-state index in [9.17, 15) is 15.0 Å². The maximum Gasteiger partial charge on any atom is 0.220 e. The van der Waals surface area contributed by atoms with Crippen LogP contribution in [0, 0.1) is 0 Å². The molecule has 352 valence electrons. The highest BCUT2D eigenvalue weighted by Gasteiger charge is 2.17. The topological polar surface area (TPSA) is 69.6 Å². The van der Waals surface area contributed by atoms with Gasteiger partial charge in [-0.05, 0) is 70.6 Å². The van der Waals surface area contributed by atoms with Gasteiger partial charge in [0.2, 0.25) is 5.91 Å². The van der Waals surface area contributed by atoms with E-state index in [-0.39, 0.29) is 12.5 Å². The summed E-state index contributed by atoms with van der Waals surface area (Å²) in [6, 6.07) is -0.637. The second-order valence-corrected chi connectivity index (χ2v) is 17.6. The number of aliphatic hydroxyl groups is 2. The molecular weight excluding hydrogens is 747 g/mol. The normalized spacial score (nSPS) is 13.6. The highest BCUT2D eigenvalue weighted by atomic mass is 16.3. The highest BCUT2D eigenvalue weighted by Crippen LogP contribution is 2.16. The van der Waals surface area contributed by atoms with Crippen molar-refractivity contribution >= 4 is 5.91 Å². The average molecular weight is 848 g/mol. The molecule has 2 unspecified atom stereocenters. The predicted molar refractivity (Wildman–Crippen MR) is 271 cm³/mol. The molecule has 0 radical (unpaired) electrons. The van der Waals surface area contributed by atoms with Gasteiger partial charge < -0.3 is 15.5 Å². The molecule has 0 aromatic carbocycles. The molecule has 2 atom stereocenters. The van der Waals surface area contributed by atoms with E-state index in [4.69, 9.17) is 0 Å². The molecule has 0 aliphatic carbocycles. The van der Waals surface area contributed by atoms with Crippen molar-refractivity contribution in [1.82, 2.24) is 5.32 Å². The first-order valence-corrected chi connectivity index (χ1v) is 26.3. The van der Waals surface area contributed by atoms with Gasteiger partial charge in [-0.3, -0.25) is 4.79 Å². The zero-order chi connectivity index (χ0) is 44.2. The van der Waals surface area contributed by atoms with Crippen LogP contribution in [0.3, 0.4) is 0 Å². The van der Waals surface area contributed by atoms with Crippen LogP contribution in [-0.4, -0.2) is 34.9 Å².